The Morgan fingerprint density at radius 3 is 2.85 bits per heavy atom. The molecule has 0 fully saturated rings. The number of aliphatic hydroxyl groups is 1. The van der Waals surface area contributed by atoms with Gasteiger partial charge in [-0.2, -0.15) is 17.0 Å². The van der Waals surface area contributed by atoms with Crippen LogP contribution in [0, 0.1) is 11.3 Å². The van der Waals surface area contributed by atoms with Gasteiger partial charge >= 0.3 is 0 Å². The van der Waals surface area contributed by atoms with Crippen molar-refractivity contribution in [2.45, 2.75) is 11.9 Å². The maximum atomic E-state index is 9.37. The third-order valence-electron chi connectivity index (χ3n) is 1.77. The molecular weight excluding hydrogens is 182 g/mol. The van der Waals surface area contributed by atoms with Crippen LogP contribution in [0.2, 0.25) is 0 Å². The molecule has 1 aromatic rings. The summed E-state index contributed by atoms with van der Waals surface area (Å²) in [7, 11) is 0. The van der Waals surface area contributed by atoms with Gasteiger partial charge in [0.15, 0.2) is 6.10 Å². The van der Waals surface area contributed by atoms with E-state index >= 15 is 0 Å². The molecule has 0 amide bonds. The SMILES string of the molecule is CSCc1ccccc1C(O)C#N. The van der Waals surface area contributed by atoms with Gasteiger partial charge < -0.3 is 5.11 Å². The first-order valence-corrected chi connectivity index (χ1v) is 5.33. The summed E-state index contributed by atoms with van der Waals surface area (Å²) in [5.41, 5.74) is 1.75. The molecule has 0 aliphatic heterocycles. The Balaban J connectivity index is 2.98. The summed E-state index contributed by atoms with van der Waals surface area (Å²) in [5, 5.41) is 17.9. The van der Waals surface area contributed by atoms with E-state index in [1.165, 1.54) is 0 Å². The summed E-state index contributed by atoms with van der Waals surface area (Å²) in [6, 6.07) is 9.30. The highest BCUT2D eigenvalue weighted by Gasteiger charge is 2.09. The van der Waals surface area contributed by atoms with Crippen LogP contribution >= 0.6 is 11.8 Å². The van der Waals surface area contributed by atoms with Gasteiger partial charge in [-0.15, -0.1) is 0 Å². The van der Waals surface area contributed by atoms with E-state index in [1.807, 2.05) is 30.5 Å². The Hall–Kier alpha value is -0.980. The normalized spacial score (nSPS) is 12.1. The molecule has 0 saturated carbocycles. The molecule has 0 saturated heterocycles. The van der Waals surface area contributed by atoms with E-state index < -0.39 is 6.10 Å². The molecule has 1 atom stereocenters. The highest BCUT2D eigenvalue weighted by Crippen LogP contribution is 2.20. The zero-order valence-corrected chi connectivity index (χ0v) is 8.21. The maximum absolute atomic E-state index is 9.37. The fourth-order valence-corrected chi connectivity index (χ4v) is 1.73. The Morgan fingerprint density at radius 1 is 1.54 bits per heavy atom. The van der Waals surface area contributed by atoms with Crippen LogP contribution < -0.4 is 0 Å². The van der Waals surface area contributed by atoms with Crippen LogP contribution in [0.3, 0.4) is 0 Å². The number of hydrogen-bond acceptors (Lipinski definition) is 3. The summed E-state index contributed by atoms with van der Waals surface area (Å²) in [4.78, 5) is 0. The van der Waals surface area contributed by atoms with Crippen molar-refractivity contribution in [2.24, 2.45) is 0 Å². The van der Waals surface area contributed by atoms with Crippen molar-refractivity contribution in [1.29, 1.82) is 5.26 Å². The summed E-state index contributed by atoms with van der Waals surface area (Å²) >= 11 is 1.68. The summed E-state index contributed by atoms with van der Waals surface area (Å²) in [6.45, 7) is 0. The lowest BCUT2D eigenvalue weighted by Crippen LogP contribution is -1.98. The molecule has 13 heavy (non-hydrogen) atoms. The zero-order chi connectivity index (χ0) is 9.68. The van der Waals surface area contributed by atoms with Crippen LogP contribution in [0.15, 0.2) is 24.3 Å². The first-order valence-electron chi connectivity index (χ1n) is 3.94. The van der Waals surface area contributed by atoms with Crippen LogP contribution in [-0.2, 0) is 5.75 Å². The smallest absolute Gasteiger partial charge is 0.166 e. The average molecular weight is 193 g/mol. The Labute approximate surface area is 82.2 Å². The summed E-state index contributed by atoms with van der Waals surface area (Å²) < 4.78 is 0. The van der Waals surface area contributed by atoms with Crippen molar-refractivity contribution in [3.8, 4) is 6.07 Å². The zero-order valence-electron chi connectivity index (χ0n) is 7.40. The minimum Gasteiger partial charge on any atom is -0.374 e. The molecule has 1 unspecified atom stereocenters. The molecule has 0 aromatic heterocycles. The molecule has 68 valence electrons. The number of benzene rings is 1. The number of hydrogen-bond donors (Lipinski definition) is 1. The number of aliphatic hydroxyl groups excluding tert-OH is 1. The minimum absolute atomic E-state index is 0.722. The summed E-state index contributed by atoms with van der Waals surface area (Å²) in [6.07, 6.45) is 0.999. The Morgan fingerprint density at radius 2 is 2.23 bits per heavy atom. The van der Waals surface area contributed by atoms with Crippen molar-refractivity contribution in [3.05, 3.63) is 35.4 Å². The first kappa shape index (κ1) is 10.1. The monoisotopic (exact) mass is 193 g/mol. The van der Waals surface area contributed by atoms with E-state index in [0.717, 1.165) is 16.9 Å². The Bertz CT molecular complexity index is 319. The van der Waals surface area contributed by atoms with Crippen LogP contribution in [0.5, 0.6) is 0 Å². The van der Waals surface area contributed by atoms with Gasteiger partial charge in [-0.1, -0.05) is 24.3 Å². The van der Waals surface area contributed by atoms with Crippen molar-refractivity contribution in [1.82, 2.24) is 0 Å². The van der Waals surface area contributed by atoms with Gasteiger partial charge in [-0.3, -0.25) is 0 Å². The van der Waals surface area contributed by atoms with E-state index in [1.54, 1.807) is 17.8 Å². The number of nitrogens with zero attached hydrogens (tertiary/aromatic N) is 1. The molecule has 0 radical (unpaired) electrons. The third kappa shape index (κ3) is 2.48. The molecular formula is C10H11NOS. The minimum atomic E-state index is -0.997. The molecule has 0 bridgehead atoms. The second-order valence-corrected chi connectivity index (χ2v) is 3.53. The van der Waals surface area contributed by atoms with Gasteiger partial charge in [0.1, 0.15) is 0 Å². The highest BCUT2D eigenvalue weighted by molar-refractivity contribution is 7.97. The molecule has 1 N–H and O–H groups in total. The molecule has 1 aromatic carbocycles. The van der Waals surface area contributed by atoms with E-state index in [4.69, 9.17) is 5.26 Å². The van der Waals surface area contributed by atoms with E-state index in [0.29, 0.717) is 0 Å². The van der Waals surface area contributed by atoms with Crippen molar-refractivity contribution in [2.75, 3.05) is 6.26 Å². The van der Waals surface area contributed by atoms with Crippen molar-refractivity contribution in [3.63, 3.8) is 0 Å². The van der Waals surface area contributed by atoms with Gasteiger partial charge in [0.25, 0.3) is 0 Å². The number of nitriles is 1. The van der Waals surface area contributed by atoms with Gasteiger partial charge in [0.2, 0.25) is 0 Å². The third-order valence-corrected chi connectivity index (χ3v) is 2.37. The molecule has 0 aliphatic rings. The number of rotatable bonds is 3. The average Bonchev–Trinajstić information content (AvgIpc) is 2.18. The van der Waals surface area contributed by atoms with Gasteiger partial charge in [0, 0.05) is 5.75 Å². The molecule has 0 heterocycles. The van der Waals surface area contributed by atoms with E-state index in [9.17, 15) is 5.11 Å². The lowest BCUT2D eigenvalue weighted by molar-refractivity contribution is 0.235. The van der Waals surface area contributed by atoms with E-state index in [-0.39, 0.29) is 0 Å². The van der Waals surface area contributed by atoms with Crippen LogP contribution in [-0.4, -0.2) is 11.4 Å². The molecule has 3 heteroatoms. The predicted molar refractivity (Wildman–Crippen MR) is 54.2 cm³/mol. The van der Waals surface area contributed by atoms with Gasteiger partial charge in [-0.05, 0) is 17.4 Å². The van der Waals surface area contributed by atoms with Crippen LogP contribution in [0.4, 0.5) is 0 Å². The largest absolute Gasteiger partial charge is 0.374 e. The van der Waals surface area contributed by atoms with Crippen LogP contribution in [0.1, 0.15) is 17.2 Å². The topological polar surface area (TPSA) is 44.0 Å². The van der Waals surface area contributed by atoms with Crippen LogP contribution in [0.25, 0.3) is 0 Å². The fraction of sp³-hybridized carbons (Fsp3) is 0.300. The van der Waals surface area contributed by atoms with Crippen molar-refractivity contribution < 1.29 is 5.11 Å². The molecule has 2 nitrogen and oxygen atoms in total. The highest BCUT2D eigenvalue weighted by atomic mass is 32.2. The van der Waals surface area contributed by atoms with Crippen molar-refractivity contribution >= 4 is 11.8 Å². The second kappa shape index (κ2) is 4.90. The Kier molecular flexibility index (Phi) is 3.81. The lowest BCUT2D eigenvalue weighted by Gasteiger charge is -2.08. The standard InChI is InChI=1S/C10H11NOS/c1-13-7-8-4-2-3-5-9(8)10(12)6-11/h2-5,10,12H,7H2,1H3. The van der Waals surface area contributed by atoms with E-state index in [2.05, 4.69) is 0 Å². The van der Waals surface area contributed by atoms with Gasteiger partial charge in [0.05, 0.1) is 6.07 Å². The lowest BCUT2D eigenvalue weighted by atomic mass is 10.0. The second-order valence-electron chi connectivity index (χ2n) is 2.66. The fourth-order valence-electron chi connectivity index (χ4n) is 1.16. The molecule has 0 aliphatic carbocycles. The first-order chi connectivity index (χ1) is 6.29. The molecule has 1 rings (SSSR count). The van der Waals surface area contributed by atoms with Gasteiger partial charge in [-0.25, -0.2) is 0 Å². The molecule has 0 spiro atoms. The predicted octanol–water partition coefficient (Wildman–Crippen LogP) is 2.11. The quantitative estimate of drug-likeness (QED) is 0.748. The summed E-state index contributed by atoms with van der Waals surface area (Å²) in [5.74, 6) is 0.828. The maximum Gasteiger partial charge on any atom is 0.166 e. The number of thioether (sulfide) groups is 1.